The van der Waals surface area contributed by atoms with Gasteiger partial charge in [-0.3, -0.25) is 0 Å². The molecule has 4 nitrogen and oxygen atoms in total. The van der Waals surface area contributed by atoms with Gasteiger partial charge in [-0.1, -0.05) is 11.6 Å². The fourth-order valence-corrected chi connectivity index (χ4v) is 3.62. The van der Waals surface area contributed by atoms with E-state index in [9.17, 15) is 0 Å². The highest BCUT2D eigenvalue weighted by Crippen LogP contribution is 2.35. The number of aromatic nitrogens is 3. The van der Waals surface area contributed by atoms with Gasteiger partial charge in [0.15, 0.2) is 0 Å². The molecule has 0 aromatic carbocycles. The van der Waals surface area contributed by atoms with Crippen molar-refractivity contribution in [2.45, 2.75) is 17.0 Å². The van der Waals surface area contributed by atoms with E-state index in [-0.39, 0.29) is 0 Å². The minimum Gasteiger partial charge on any atom is -0.357 e. The molecule has 0 aliphatic rings. The summed E-state index contributed by atoms with van der Waals surface area (Å²) in [5.41, 5.74) is 0. The van der Waals surface area contributed by atoms with Crippen LogP contribution in [0.1, 0.15) is 4.88 Å². The van der Waals surface area contributed by atoms with Crippen LogP contribution in [-0.2, 0) is 0 Å². The molecular formula is C13H11ClN4S2. The number of nitrogens with zero attached hydrogens (tertiary/aromatic N) is 3. The maximum atomic E-state index is 5.85. The standard InChI is InChI=1S/C13H11ClN4S2/c1-7-5-9-11(19-7)17-13(15-2)18-12(9)20-10-4-3-8(14)6-16-10/h3-6H,1-2H3,(H,15,17,18). The number of aryl methyl sites for hydroxylation is 1. The highest BCUT2D eigenvalue weighted by Gasteiger charge is 2.12. The smallest absolute Gasteiger partial charge is 0.224 e. The molecule has 0 unspecified atom stereocenters. The number of halogens is 1. The van der Waals surface area contributed by atoms with E-state index in [1.807, 2.05) is 19.2 Å². The van der Waals surface area contributed by atoms with Crippen LogP contribution in [0, 0.1) is 6.92 Å². The molecule has 3 rings (SSSR count). The minimum absolute atomic E-state index is 0.621. The van der Waals surface area contributed by atoms with E-state index in [1.54, 1.807) is 17.5 Å². The van der Waals surface area contributed by atoms with Crippen LogP contribution in [0.15, 0.2) is 34.4 Å². The Morgan fingerprint density at radius 2 is 2.15 bits per heavy atom. The summed E-state index contributed by atoms with van der Waals surface area (Å²) >= 11 is 9.03. The molecule has 0 fully saturated rings. The van der Waals surface area contributed by atoms with Gasteiger partial charge in [0.25, 0.3) is 0 Å². The molecule has 0 saturated carbocycles. The molecule has 3 aromatic heterocycles. The first-order valence-electron chi connectivity index (χ1n) is 5.91. The Morgan fingerprint density at radius 1 is 1.30 bits per heavy atom. The Kier molecular flexibility index (Phi) is 3.78. The number of pyridine rings is 1. The third-order valence-corrected chi connectivity index (χ3v) is 4.73. The first kappa shape index (κ1) is 13.6. The van der Waals surface area contributed by atoms with Crippen molar-refractivity contribution in [3.63, 3.8) is 0 Å². The predicted octanol–water partition coefficient (Wildman–Crippen LogP) is 4.24. The second-order valence-electron chi connectivity index (χ2n) is 4.09. The summed E-state index contributed by atoms with van der Waals surface area (Å²) < 4.78 is 0. The van der Waals surface area contributed by atoms with E-state index < -0.39 is 0 Å². The van der Waals surface area contributed by atoms with Gasteiger partial charge in [-0.15, -0.1) is 11.3 Å². The van der Waals surface area contributed by atoms with Crippen molar-refractivity contribution in [3.05, 3.63) is 34.3 Å². The van der Waals surface area contributed by atoms with E-state index in [2.05, 4.69) is 33.3 Å². The van der Waals surface area contributed by atoms with Gasteiger partial charge in [0.05, 0.1) is 5.02 Å². The molecule has 1 N–H and O–H groups in total. The van der Waals surface area contributed by atoms with Gasteiger partial charge in [-0.25, -0.2) is 15.0 Å². The van der Waals surface area contributed by atoms with Crippen molar-refractivity contribution in [1.82, 2.24) is 15.0 Å². The largest absolute Gasteiger partial charge is 0.357 e. The quantitative estimate of drug-likeness (QED) is 0.731. The van der Waals surface area contributed by atoms with Crippen molar-refractivity contribution in [2.75, 3.05) is 12.4 Å². The Balaban J connectivity index is 2.06. The lowest BCUT2D eigenvalue weighted by molar-refractivity contribution is 1.08. The Morgan fingerprint density at radius 3 is 2.85 bits per heavy atom. The topological polar surface area (TPSA) is 50.7 Å². The van der Waals surface area contributed by atoms with E-state index in [1.165, 1.54) is 16.6 Å². The molecule has 20 heavy (non-hydrogen) atoms. The van der Waals surface area contributed by atoms with Crippen LogP contribution < -0.4 is 5.32 Å². The van der Waals surface area contributed by atoms with Crippen LogP contribution in [0.25, 0.3) is 10.2 Å². The fourth-order valence-electron chi connectivity index (χ4n) is 1.73. The molecule has 102 valence electrons. The molecule has 3 heterocycles. The Labute approximate surface area is 129 Å². The second-order valence-corrected chi connectivity index (χ2v) is 6.78. The third kappa shape index (κ3) is 2.72. The highest BCUT2D eigenvalue weighted by molar-refractivity contribution is 7.99. The molecule has 7 heteroatoms. The van der Waals surface area contributed by atoms with Crippen molar-refractivity contribution in [1.29, 1.82) is 0 Å². The van der Waals surface area contributed by atoms with Crippen LogP contribution in [0.4, 0.5) is 5.95 Å². The van der Waals surface area contributed by atoms with E-state index in [0.717, 1.165) is 20.3 Å². The zero-order valence-electron chi connectivity index (χ0n) is 10.8. The van der Waals surface area contributed by atoms with Gasteiger partial charge in [0.1, 0.15) is 14.9 Å². The van der Waals surface area contributed by atoms with Gasteiger partial charge in [-0.2, -0.15) is 0 Å². The zero-order valence-corrected chi connectivity index (χ0v) is 13.2. The summed E-state index contributed by atoms with van der Waals surface area (Å²) in [6.45, 7) is 2.07. The summed E-state index contributed by atoms with van der Waals surface area (Å²) in [6, 6.07) is 5.82. The zero-order chi connectivity index (χ0) is 14.1. The van der Waals surface area contributed by atoms with E-state index in [4.69, 9.17) is 11.6 Å². The number of anilines is 1. The van der Waals surface area contributed by atoms with Crippen molar-refractivity contribution >= 4 is 50.9 Å². The third-order valence-electron chi connectivity index (χ3n) is 2.61. The molecule has 0 saturated heterocycles. The second kappa shape index (κ2) is 5.55. The van der Waals surface area contributed by atoms with Crippen LogP contribution in [0.3, 0.4) is 0 Å². The molecular weight excluding hydrogens is 312 g/mol. The number of hydrogen-bond acceptors (Lipinski definition) is 6. The minimum atomic E-state index is 0.621. The normalized spacial score (nSPS) is 10.9. The lowest BCUT2D eigenvalue weighted by Crippen LogP contribution is -1.97. The summed E-state index contributed by atoms with van der Waals surface area (Å²) in [6.07, 6.45) is 1.64. The highest BCUT2D eigenvalue weighted by atomic mass is 35.5. The lowest BCUT2D eigenvalue weighted by atomic mass is 10.4. The first-order valence-corrected chi connectivity index (χ1v) is 7.92. The lowest BCUT2D eigenvalue weighted by Gasteiger charge is -2.04. The Hall–Kier alpha value is -1.37. The first-order chi connectivity index (χ1) is 9.65. The van der Waals surface area contributed by atoms with Crippen molar-refractivity contribution < 1.29 is 0 Å². The van der Waals surface area contributed by atoms with Gasteiger partial charge >= 0.3 is 0 Å². The number of fused-ring (bicyclic) bond motifs is 1. The van der Waals surface area contributed by atoms with Crippen LogP contribution in [0.5, 0.6) is 0 Å². The van der Waals surface area contributed by atoms with Crippen molar-refractivity contribution in [3.8, 4) is 0 Å². The number of thiophene rings is 1. The van der Waals surface area contributed by atoms with Gasteiger partial charge < -0.3 is 5.32 Å². The van der Waals surface area contributed by atoms with Crippen LogP contribution in [0.2, 0.25) is 5.02 Å². The van der Waals surface area contributed by atoms with Gasteiger partial charge in [0.2, 0.25) is 5.95 Å². The number of hydrogen-bond donors (Lipinski definition) is 1. The maximum Gasteiger partial charge on any atom is 0.224 e. The SMILES string of the molecule is CNc1nc(Sc2ccc(Cl)cn2)c2cc(C)sc2n1. The van der Waals surface area contributed by atoms with E-state index >= 15 is 0 Å². The Bertz CT molecular complexity index is 755. The molecule has 0 aliphatic carbocycles. The average Bonchev–Trinajstić information content (AvgIpc) is 2.81. The molecule has 0 bridgehead atoms. The molecule has 0 spiro atoms. The molecule has 0 aliphatic heterocycles. The number of rotatable bonds is 3. The summed E-state index contributed by atoms with van der Waals surface area (Å²) in [5, 5.41) is 6.45. The monoisotopic (exact) mass is 322 g/mol. The number of nitrogens with one attached hydrogen (secondary N) is 1. The van der Waals surface area contributed by atoms with Crippen molar-refractivity contribution in [2.24, 2.45) is 0 Å². The fraction of sp³-hybridized carbons (Fsp3) is 0.154. The molecule has 0 radical (unpaired) electrons. The van der Waals surface area contributed by atoms with Crippen LogP contribution in [-0.4, -0.2) is 22.0 Å². The summed E-state index contributed by atoms with van der Waals surface area (Å²) in [5.74, 6) is 0.621. The predicted molar refractivity (Wildman–Crippen MR) is 85.1 cm³/mol. The molecule has 3 aromatic rings. The molecule has 0 atom stereocenters. The van der Waals surface area contributed by atoms with Gasteiger partial charge in [0, 0.05) is 23.5 Å². The van der Waals surface area contributed by atoms with E-state index in [0.29, 0.717) is 11.0 Å². The summed E-state index contributed by atoms with van der Waals surface area (Å²) in [7, 11) is 1.82. The maximum absolute atomic E-state index is 5.85. The van der Waals surface area contributed by atoms with Crippen LogP contribution >= 0.6 is 34.7 Å². The summed E-state index contributed by atoms with van der Waals surface area (Å²) in [4.78, 5) is 15.5. The van der Waals surface area contributed by atoms with Gasteiger partial charge in [-0.05, 0) is 36.9 Å². The molecule has 0 amide bonds. The average molecular weight is 323 g/mol.